The molecule has 5 rings (SSSR count). The number of nitrogens with two attached hydrogens (primary N) is 1. The molecular weight excluding hydrogens is 590 g/mol. The number of ether oxygens (including phenoxy) is 1. The van der Waals surface area contributed by atoms with Crippen molar-refractivity contribution in [1.29, 1.82) is 0 Å². The van der Waals surface area contributed by atoms with E-state index in [1.54, 1.807) is 13.2 Å². The second kappa shape index (κ2) is 21.4. The number of aromatic nitrogens is 4. The van der Waals surface area contributed by atoms with Crippen LogP contribution in [0.3, 0.4) is 0 Å². The molecule has 45 heavy (non-hydrogen) atoms. The highest BCUT2D eigenvalue weighted by Gasteiger charge is 2.11. The van der Waals surface area contributed by atoms with E-state index in [2.05, 4.69) is 60.6 Å². The Labute approximate surface area is 269 Å². The normalized spacial score (nSPS) is 12.4. The van der Waals surface area contributed by atoms with Gasteiger partial charge in [-0.3, -0.25) is 19.6 Å². The molecule has 242 valence electrons. The number of aldehydes is 2. The summed E-state index contributed by atoms with van der Waals surface area (Å²) in [6.45, 7) is 7.99. The monoisotopic (exact) mass is 635 g/mol. The Morgan fingerprint density at radius 3 is 2.51 bits per heavy atom. The third kappa shape index (κ3) is 13.5. The fraction of sp³-hybridized carbons (Fsp3) is 0.394. The molecule has 3 aromatic heterocycles. The fourth-order valence-corrected chi connectivity index (χ4v) is 4.72. The maximum atomic E-state index is 10.1. The molecule has 0 bridgehead atoms. The summed E-state index contributed by atoms with van der Waals surface area (Å²) in [5.41, 5.74) is 10.4. The number of nitrogens with zero attached hydrogens (tertiary/aromatic N) is 4. The molecule has 0 amide bonds. The van der Waals surface area contributed by atoms with E-state index in [0.29, 0.717) is 19.1 Å². The summed E-state index contributed by atoms with van der Waals surface area (Å²) >= 11 is 1.81. The zero-order valence-electron chi connectivity index (χ0n) is 26.8. The van der Waals surface area contributed by atoms with Crippen LogP contribution < -0.4 is 15.8 Å². The first-order valence-electron chi connectivity index (χ1n) is 14.9. The molecule has 0 spiro atoms. The van der Waals surface area contributed by atoms with Crippen LogP contribution in [-0.2, 0) is 11.3 Å². The number of methoxy groups -OCH3 is 1. The van der Waals surface area contributed by atoms with Gasteiger partial charge in [-0.25, -0.2) is 9.97 Å². The van der Waals surface area contributed by atoms with Gasteiger partial charge in [0.15, 0.2) is 6.29 Å². The van der Waals surface area contributed by atoms with Crippen LogP contribution in [0.2, 0.25) is 0 Å². The Morgan fingerprint density at radius 2 is 1.96 bits per heavy atom. The lowest BCUT2D eigenvalue weighted by atomic mass is 10.1. The largest absolute Gasteiger partial charge is 0.496 e. The summed E-state index contributed by atoms with van der Waals surface area (Å²) in [5, 5.41) is 4.16. The van der Waals surface area contributed by atoms with E-state index < -0.39 is 0 Å². The highest BCUT2D eigenvalue weighted by molar-refractivity contribution is 8.00. The van der Waals surface area contributed by atoms with E-state index in [9.17, 15) is 9.59 Å². The molecule has 0 saturated heterocycles. The number of hydrogen-bond donors (Lipinski definition) is 3. The van der Waals surface area contributed by atoms with Crippen molar-refractivity contribution in [3.05, 3.63) is 72.1 Å². The summed E-state index contributed by atoms with van der Waals surface area (Å²) in [6.07, 6.45) is 13.0. The smallest absolute Gasteiger partial charge is 0.259 e. The van der Waals surface area contributed by atoms with E-state index in [4.69, 9.17) is 10.5 Å². The number of aromatic amines is 1. The Balaban J connectivity index is 0.000000244. The van der Waals surface area contributed by atoms with Crippen molar-refractivity contribution in [2.24, 2.45) is 10.7 Å². The quantitative estimate of drug-likeness (QED) is 0.108. The standard InChI is InChI=1S/C16H18N4O.C7H10N2OS.C6H14.C4H3NO2/c1-10-4-5-11-6-12(15(21-3)7-13(11)19-10)14-8-18-16(20-14)9-17-2;8-6(4-10)3-7-5-11-2-1-9-7;1-3-5-6-4-2;6-3-4-5-1-2-7-4/h4-8,17H,9H2,1-3H3,(H,18,20);3-4H,1-2,5,8H2;3-6H2,1-2H3;1-3H/b;6-3-;;. The van der Waals surface area contributed by atoms with Crippen LogP contribution >= 0.6 is 11.8 Å². The SMILES string of the molecule is CCCCCC.CNCc1ncc(-c2cc3ccc(C)nc3cc2OC)[nH]1.N/C(C=O)=C\C1=NCCSC1.O=Cc1ncco1. The third-order valence-corrected chi connectivity index (χ3v) is 7.16. The number of nitrogens with one attached hydrogen (secondary N) is 2. The minimum atomic E-state index is 0.125. The van der Waals surface area contributed by atoms with Crippen molar-refractivity contribution in [3.8, 4) is 17.0 Å². The van der Waals surface area contributed by atoms with Crippen molar-refractivity contribution in [2.45, 2.75) is 53.0 Å². The van der Waals surface area contributed by atoms with Crippen LogP contribution in [-0.4, -0.2) is 70.4 Å². The Hall–Kier alpha value is -4.29. The van der Waals surface area contributed by atoms with Gasteiger partial charge in [-0.05, 0) is 32.2 Å². The first kappa shape index (κ1) is 36.9. The average molecular weight is 636 g/mol. The molecular formula is C33H45N7O4S. The van der Waals surface area contributed by atoms with Gasteiger partial charge in [-0.15, -0.1) is 0 Å². The number of aliphatic imine (C=N–C) groups is 1. The highest BCUT2D eigenvalue weighted by Crippen LogP contribution is 2.32. The van der Waals surface area contributed by atoms with Crippen LogP contribution in [0.5, 0.6) is 5.75 Å². The molecule has 0 unspecified atom stereocenters. The van der Waals surface area contributed by atoms with Crippen LogP contribution in [0.1, 0.15) is 61.7 Å². The van der Waals surface area contributed by atoms with Crippen LogP contribution in [0.25, 0.3) is 22.2 Å². The third-order valence-electron chi connectivity index (χ3n) is 6.19. The predicted octanol–water partition coefficient (Wildman–Crippen LogP) is 5.95. The molecule has 0 saturated carbocycles. The maximum absolute atomic E-state index is 10.1. The molecule has 0 aliphatic carbocycles. The van der Waals surface area contributed by atoms with Gasteiger partial charge in [0, 0.05) is 46.5 Å². The van der Waals surface area contributed by atoms with Gasteiger partial charge in [-0.1, -0.05) is 45.6 Å². The Morgan fingerprint density at radius 1 is 1.18 bits per heavy atom. The first-order valence-corrected chi connectivity index (χ1v) is 16.1. The van der Waals surface area contributed by atoms with E-state index in [0.717, 1.165) is 63.2 Å². The lowest BCUT2D eigenvalue weighted by molar-refractivity contribution is -0.104. The van der Waals surface area contributed by atoms with Crippen LogP contribution in [0.4, 0.5) is 0 Å². The highest BCUT2D eigenvalue weighted by atomic mass is 32.2. The number of H-pyrrole nitrogens is 1. The lowest BCUT2D eigenvalue weighted by Gasteiger charge is -2.09. The van der Waals surface area contributed by atoms with Gasteiger partial charge >= 0.3 is 0 Å². The van der Waals surface area contributed by atoms with Gasteiger partial charge in [0.25, 0.3) is 5.89 Å². The van der Waals surface area contributed by atoms with E-state index in [1.807, 2.05) is 44.1 Å². The molecule has 1 aliphatic heterocycles. The second-order valence-electron chi connectivity index (χ2n) is 9.85. The number of fused-ring (bicyclic) bond motifs is 1. The van der Waals surface area contributed by atoms with Gasteiger partial charge in [0.2, 0.25) is 6.29 Å². The van der Waals surface area contributed by atoms with Crippen molar-refractivity contribution < 1.29 is 18.7 Å². The van der Waals surface area contributed by atoms with Gasteiger partial charge in [0.05, 0.1) is 43.0 Å². The van der Waals surface area contributed by atoms with E-state index >= 15 is 0 Å². The van der Waals surface area contributed by atoms with E-state index in [-0.39, 0.29) is 11.6 Å². The Kier molecular flexibility index (Phi) is 17.6. The molecule has 1 aromatic carbocycles. The van der Waals surface area contributed by atoms with Crippen molar-refractivity contribution in [2.75, 3.05) is 32.2 Å². The predicted molar refractivity (Wildman–Crippen MR) is 183 cm³/mol. The van der Waals surface area contributed by atoms with Crippen LogP contribution in [0.15, 0.2) is 64.1 Å². The number of oxazole rings is 1. The molecule has 0 atom stereocenters. The Bertz CT molecular complexity index is 1500. The minimum Gasteiger partial charge on any atom is -0.496 e. The number of aryl methyl sites for hydroxylation is 1. The van der Waals surface area contributed by atoms with E-state index in [1.165, 1.54) is 38.1 Å². The summed E-state index contributed by atoms with van der Waals surface area (Å²) in [6, 6.07) is 8.14. The number of carbonyl (C=O) groups excluding carboxylic acids is 2. The average Bonchev–Trinajstić information content (AvgIpc) is 3.77. The number of thioether (sulfide) groups is 1. The first-order chi connectivity index (χ1) is 21.9. The summed E-state index contributed by atoms with van der Waals surface area (Å²) < 4.78 is 10.0. The zero-order chi connectivity index (χ0) is 32.9. The summed E-state index contributed by atoms with van der Waals surface area (Å²) in [4.78, 5) is 39.7. The van der Waals surface area contributed by atoms with Crippen molar-refractivity contribution >= 4 is 40.9 Å². The topological polar surface area (TPSA) is 161 Å². The number of benzene rings is 1. The number of carbonyl (C=O) groups is 2. The summed E-state index contributed by atoms with van der Waals surface area (Å²) in [7, 11) is 3.57. The lowest BCUT2D eigenvalue weighted by Crippen LogP contribution is -2.11. The van der Waals surface area contributed by atoms with Crippen molar-refractivity contribution in [3.63, 3.8) is 0 Å². The molecule has 12 heteroatoms. The van der Waals surface area contributed by atoms with Gasteiger partial charge in [0.1, 0.15) is 17.8 Å². The van der Waals surface area contributed by atoms with Crippen LogP contribution in [0, 0.1) is 6.92 Å². The summed E-state index contributed by atoms with van der Waals surface area (Å²) in [5.74, 6) is 3.75. The molecule has 0 fully saturated rings. The number of unbranched alkanes of at least 4 members (excludes halogenated alkanes) is 3. The second-order valence-corrected chi connectivity index (χ2v) is 11.0. The minimum absolute atomic E-state index is 0.125. The maximum Gasteiger partial charge on any atom is 0.259 e. The van der Waals surface area contributed by atoms with Gasteiger partial charge < -0.3 is 25.2 Å². The molecule has 4 aromatic rings. The number of allylic oxidation sites excluding steroid dienone is 2. The molecule has 0 radical (unpaired) electrons. The number of rotatable bonds is 10. The van der Waals surface area contributed by atoms with Crippen molar-refractivity contribution in [1.82, 2.24) is 25.3 Å². The molecule has 4 N–H and O–H groups in total. The number of pyridine rings is 1. The zero-order valence-corrected chi connectivity index (χ0v) is 27.7. The number of imidazole rings is 1. The van der Waals surface area contributed by atoms with Gasteiger partial charge in [-0.2, -0.15) is 11.8 Å². The molecule has 1 aliphatic rings. The number of hydrogen-bond acceptors (Lipinski definition) is 11. The fourth-order valence-electron chi connectivity index (χ4n) is 3.97. The molecule has 4 heterocycles. The molecule has 11 nitrogen and oxygen atoms in total.